The van der Waals surface area contributed by atoms with Crippen molar-refractivity contribution in [1.29, 1.82) is 0 Å². The van der Waals surface area contributed by atoms with Crippen LogP contribution in [-0.4, -0.2) is 16.1 Å². The van der Waals surface area contributed by atoms with Gasteiger partial charge >= 0.3 is 0 Å². The standard InChI is InChI=1S/C11H19N3OS/c1-5-8(4)10(15)12-11-14-13-9(16-11)6-7(2)3/h7-8H,5-6H2,1-4H3,(H,12,14,15). The number of rotatable bonds is 5. The van der Waals surface area contributed by atoms with Crippen LogP contribution < -0.4 is 5.32 Å². The van der Waals surface area contributed by atoms with Crippen molar-refractivity contribution in [1.82, 2.24) is 10.2 Å². The van der Waals surface area contributed by atoms with Crippen LogP contribution in [0.4, 0.5) is 5.13 Å². The van der Waals surface area contributed by atoms with Crippen molar-refractivity contribution in [2.24, 2.45) is 11.8 Å². The summed E-state index contributed by atoms with van der Waals surface area (Å²) in [5.74, 6) is 0.610. The molecule has 0 saturated heterocycles. The third-order valence-corrected chi connectivity index (χ3v) is 3.20. The van der Waals surface area contributed by atoms with Crippen LogP contribution in [-0.2, 0) is 11.2 Å². The molecule has 1 aromatic rings. The maximum atomic E-state index is 11.6. The maximum absolute atomic E-state index is 11.6. The Morgan fingerprint density at radius 2 is 2.06 bits per heavy atom. The molecule has 0 bridgehead atoms. The number of nitrogens with one attached hydrogen (secondary N) is 1. The third-order valence-electron chi connectivity index (χ3n) is 2.34. The second kappa shape index (κ2) is 5.94. The Labute approximate surface area is 100 Å². The second-order valence-electron chi connectivity index (χ2n) is 4.40. The van der Waals surface area contributed by atoms with Gasteiger partial charge in [0.15, 0.2) is 0 Å². The molecular weight excluding hydrogens is 222 g/mol. The normalized spacial score (nSPS) is 12.8. The summed E-state index contributed by atoms with van der Waals surface area (Å²) in [6, 6.07) is 0. The van der Waals surface area contributed by atoms with Crippen LogP contribution in [0.3, 0.4) is 0 Å². The van der Waals surface area contributed by atoms with Gasteiger partial charge in [0, 0.05) is 12.3 Å². The van der Waals surface area contributed by atoms with Crippen molar-refractivity contribution in [3.63, 3.8) is 0 Å². The Morgan fingerprint density at radius 3 is 2.62 bits per heavy atom. The van der Waals surface area contributed by atoms with Gasteiger partial charge in [0.05, 0.1) is 0 Å². The molecule has 5 heteroatoms. The fourth-order valence-corrected chi connectivity index (χ4v) is 2.10. The molecule has 0 aromatic carbocycles. The van der Waals surface area contributed by atoms with Gasteiger partial charge in [-0.15, -0.1) is 10.2 Å². The predicted molar refractivity (Wildman–Crippen MR) is 66.5 cm³/mol. The molecule has 0 saturated carbocycles. The quantitative estimate of drug-likeness (QED) is 0.862. The number of carbonyl (C=O) groups is 1. The molecule has 0 radical (unpaired) electrons. The van der Waals surface area contributed by atoms with Gasteiger partial charge in [-0.05, 0) is 12.3 Å². The first-order chi connectivity index (χ1) is 7.52. The fourth-order valence-electron chi connectivity index (χ4n) is 1.15. The number of hydrogen-bond donors (Lipinski definition) is 1. The summed E-state index contributed by atoms with van der Waals surface area (Å²) < 4.78 is 0. The van der Waals surface area contributed by atoms with E-state index in [1.807, 2.05) is 13.8 Å². The van der Waals surface area contributed by atoms with Crippen molar-refractivity contribution in [3.8, 4) is 0 Å². The van der Waals surface area contributed by atoms with Crippen LogP contribution in [0.1, 0.15) is 39.1 Å². The molecule has 0 aliphatic heterocycles. The molecule has 16 heavy (non-hydrogen) atoms. The van der Waals surface area contributed by atoms with Gasteiger partial charge in [0.1, 0.15) is 5.01 Å². The lowest BCUT2D eigenvalue weighted by atomic mass is 10.1. The molecule has 1 unspecified atom stereocenters. The summed E-state index contributed by atoms with van der Waals surface area (Å²) in [4.78, 5) is 11.6. The van der Waals surface area contributed by atoms with Gasteiger partial charge in [-0.25, -0.2) is 0 Å². The zero-order chi connectivity index (χ0) is 12.1. The molecule has 1 amide bonds. The topological polar surface area (TPSA) is 54.9 Å². The number of carbonyl (C=O) groups excluding carboxylic acids is 1. The number of anilines is 1. The summed E-state index contributed by atoms with van der Waals surface area (Å²) in [5.41, 5.74) is 0. The number of aromatic nitrogens is 2. The van der Waals surface area contributed by atoms with Gasteiger partial charge in [-0.1, -0.05) is 39.0 Å². The molecule has 0 fully saturated rings. The summed E-state index contributed by atoms with van der Waals surface area (Å²) in [5, 5.41) is 12.4. The Morgan fingerprint density at radius 1 is 1.38 bits per heavy atom. The number of nitrogens with zero attached hydrogens (tertiary/aromatic N) is 2. The van der Waals surface area contributed by atoms with E-state index >= 15 is 0 Å². The van der Waals surface area contributed by atoms with E-state index in [1.165, 1.54) is 11.3 Å². The molecule has 1 rings (SSSR count). The van der Waals surface area contributed by atoms with Gasteiger partial charge in [0.2, 0.25) is 11.0 Å². The fraction of sp³-hybridized carbons (Fsp3) is 0.727. The Hall–Kier alpha value is -0.970. The molecule has 1 aromatic heterocycles. The van der Waals surface area contributed by atoms with Crippen LogP contribution in [0, 0.1) is 11.8 Å². The van der Waals surface area contributed by atoms with Gasteiger partial charge in [0.25, 0.3) is 0 Å². The van der Waals surface area contributed by atoms with Gasteiger partial charge in [-0.2, -0.15) is 0 Å². The minimum atomic E-state index is 0.0229. The van der Waals surface area contributed by atoms with Crippen molar-refractivity contribution >= 4 is 22.4 Å². The van der Waals surface area contributed by atoms with E-state index in [1.54, 1.807) is 0 Å². The Balaban J connectivity index is 2.55. The summed E-state index contributed by atoms with van der Waals surface area (Å²) in [7, 11) is 0. The van der Waals surface area contributed by atoms with Crippen molar-refractivity contribution in [3.05, 3.63) is 5.01 Å². The van der Waals surface area contributed by atoms with Crippen LogP contribution in [0.5, 0.6) is 0 Å². The number of amides is 1. The average molecular weight is 241 g/mol. The van der Waals surface area contributed by atoms with Crippen molar-refractivity contribution in [2.45, 2.75) is 40.5 Å². The summed E-state index contributed by atoms with van der Waals surface area (Å²) in [6.45, 7) is 8.18. The lowest BCUT2D eigenvalue weighted by molar-refractivity contribution is -0.119. The first kappa shape index (κ1) is 13.1. The lowest BCUT2D eigenvalue weighted by Gasteiger charge is -2.06. The Bertz CT molecular complexity index is 349. The van der Waals surface area contributed by atoms with Gasteiger partial charge in [-0.3, -0.25) is 4.79 Å². The van der Waals surface area contributed by atoms with E-state index in [2.05, 4.69) is 29.4 Å². The zero-order valence-corrected chi connectivity index (χ0v) is 11.1. The SMILES string of the molecule is CCC(C)C(=O)Nc1nnc(CC(C)C)s1. The first-order valence-corrected chi connectivity index (χ1v) is 6.47. The van der Waals surface area contributed by atoms with Crippen LogP contribution in [0.25, 0.3) is 0 Å². The zero-order valence-electron chi connectivity index (χ0n) is 10.3. The lowest BCUT2D eigenvalue weighted by Crippen LogP contribution is -2.19. The molecule has 1 heterocycles. The predicted octanol–water partition coefficient (Wildman–Crippen LogP) is 2.72. The highest BCUT2D eigenvalue weighted by Crippen LogP contribution is 2.19. The van der Waals surface area contributed by atoms with Crippen LogP contribution in [0.2, 0.25) is 0 Å². The molecule has 0 aliphatic rings. The van der Waals surface area contributed by atoms with Crippen molar-refractivity contribution < 1.29 is 4.79 Å². The van der Waals surface area contributed by atoms with E-state index < -0.39 is 0 Å². The summed E-state index contributed by atoms with van der Waals surface area (Å²) in [6.07, 6.45) is 1.75. The second-order valence-corrected chi connectivity index (χ2v) is 5.46. The highest BCUT2D eigenvalue weighted by atomic mass is 32.1. The molecule has 4 nitrogen and oxygen atoms in total. The third kappa shape index (κ3) is 3.89. The number of hydrogen-bond acceptors (Lipinski definition) is 4. The molecule has 1 N–H and O–H groups in total. The molecule has 0 aliphatic carbocycles. The van der Waals surface area contributed by atoms with E-state index in [9.17, 15) is 4.79 Å². The van der Waals surface area contributed by atoms with E-state index in [4.69, 9.17) is 0 Å². The van der Waals surface area contributed by atoms with E-state index in [0.717, 1.165) is 17.8 Å². The Kier molecular flexibility index (Phi) is 4.86. The molecular formula is C11H19N3OS. The highest BCUT2D eigenvalue weighted by Gasteiger charge is 2.13. The summed E-state index contributed by atoms with van der Waals surface area (Å²) >= 11 is 1.46. The molecule has 1 atom stereocenters. The smallest absolute Gasteiger partial charge is 0.229 e. The average Bonchev–Trinajstić information content (AvgIpc) is 2.63. The largest absolute Gasteiger partial charge is 0.300 e. The van der Waals surface area contributed by atoms with E-state index in [-0.39, 0.29) is 11.8 Å². The van der Waals surface area contributed by atoms with Crippen molar-refractivity contribution in [2.75, 3.05) is 5.32 Å². The molecule has 0 spiro atoms. The minimum absolute atomic E-state index is 0.0229. The molecule has 90 valence electrons. The highest BCUT2D eigenvalue weighted by molar-refractivity contribution is 7.15. The maximum Gasteiger partial charge on any atom is 0.229 e. The van der Waals surface area contributed by atoms with E-state index in [0.29, 0.717) is 11.0 Å². The van der Waals surface area contributed by atoms with Crippen LogP contribution in [0.15, 0.2) is 0 Å². The van der Waals surface area contributed by atoms with Crippen LogP contribution >= 0.6 is 11.3 Å². The minimum Gasteiger partial charge on any atom is -0.300 e. The van der Waals surface area contributed by atoms with Gasteiger partial charge < -0.3 is 5.32 Å². The first-order valence-electron chi connectivity index (χ1n) is 5.66. The monoisotopic (exact) mass is 241 g/mol.